The molecule has 1 heterocycles. The van der Waals surface area contributed by atoms with Gasteiger partial charge in [-0.05, 0) is 37.1 Å². The number of hydrogen-bond donors (Lipinski definition) is 2. The molecule has 1 aromatic carbocycles. The minimum atomic E-state index is -3.11. The number of halogens is 1. The quantitative estimate of drug-likeness (QED) is 0.863. The van der Waals surface area contributed by atoms with Gasteiger partial charge in [-0.1, -0.05) is 15.9 Å². The van der Waals surface area contributed by atoms with Crippen LogP contribution in [-0.4, -0.2) is 37.2 Å². The highest BCUT2D eigenvalue weighted by Gasteiger charge is 2.36. The Morgan fingerprint density at radius 1 is 1.28 bits per heavy atom. The molecule has 100 valence electrons. The first-order chi connectivity index (χ1) is 8.28. The van der Waals surface area contributed by atoms with E-state index in [9.17, 15) is 13.5 Å². The molecule has 0 saturated carbocycles. The highest BCUT2D eigenvalue weighted by atomic mass is 79.9. The second kappa shape index (κ2) is 4.83. The average molecular weight is 334 g/mol. The topological polar surface area (TPSA) is 66.4 Å². The van der Waals surface area contributed by atoms with Gasteiger partial charge in [-0.2, -0.15) is 0 Å². The Morgan fingerprint density at radius 3 is 2.28 bits per heavy atom. The monoisotopic (exact) mass is 333 g/mol. The molecule has 18 heavy (non-hydrogen) atoms. The fourth-order valence-corrected chi connectivity index (χ4v) is 4.18. The number of aliphatic hydroxyl groups excluding tert-OH is 1. The largest absolute Gasteiger partial charge is 0.390 e. The second-order valence-electron chi connectivity index (χ2n) is 4.82. The van der Waals surface area contributed by atoms with E-state index in [2.05, 4.69) is 21.2 Å². The molecule has 2 atom stereocenters. The van der Waals surface area contributed by atoms with E-state index in [4.69, 9.17) is 0 Å². The van der Waals surface area contributed by atoms with Crippen molar-refractivity contribution in [2.45, 2.75) is 26.0 Å². The Bertz CT molecular complexity index is 548. The van der Waals surface area contributed by atoms with Crippen LogP contribution in [0.1, 0.15) is 11.1 Å². The highest BCUT2D eigenvalue weighted by molar-refractivity contribution is 9.10. The van der Waals surface area contributed by atoms with Gasteiger partial charge in [-0.3, -0.25) is 0 Å². The molecule has 1 saturated heterocycles. The zero-order chi connectivity index (χ0) is 13.5. The van der Waals surface area contributed by atoms with Crippen molar-refractivity contribution in [2.75, 3.05) is 16.8 Å². The third-order valence-electron chi connectivity index (χ3n) is 3.11. The number of aryl methyl sites for hydroxylation is 2. The van der Waals surface area contributed by atoms with Crippen molar-refractivity contribution < 1.29 is 13.5 Å². The molecule has 1 aliphatic heterocycles. The van der Waals surface area contributed by atoms with E-state index in [1.54, 1.807) is 0 Å². The van der Waals surface area contributed by atoms with Gasteiger partial charge in [0.15, 0.2) is 9.84 Å². The number of anilines is 1. The smallest absolute Gasteiger partial charge is 0.155 e. The molecular weight excluding hydrogens is 318 g/mol. The molecule has 6 heteroatoms. The van der Waals surface area contributed by atoms with Crippen molar-refractivity contribution in [3.63, 3.8) is 0 Å². The molecule has 2 unspecified atom stereocenters. The summed E-state index contributed by atoms with van der Waals surface area (Å²) < 4.78 is 23.9. The molecule has 1 aromatic rings. The van der Waals surface area contributed by atoms with Crippen molar-refractivity contribution in [2.24, 2.45) is 0 Å². The van der Waals surface area contributed by atoms with Crippen molar-refractivity contribution in [1.82, 2.24) is 0 Å². The number of nitrogens with one attached hydrogen (secondary N) is 1. The van der Waals surface area contributed by atoms with E-state index in [0.29, 0.717) is 0 Å². The number of hydrogen-bond acceptors (Lipinski definition) is 4. The first kappa shape index (κ1) is 13.8. The normalized spacial score (nSPS) is 26.2. The summed E-state index contributed by atoms with van der Waals surface area (Å²) in [5, 5.41) is 12.8. The summed E-state index contributed by atoms with van der Waals surface area (Å²) in [6.07, 6.45) is -0.834. The molecule has 2 N–H and O–H groups in total. The molecule has 0 aliphatic carbocycles. The fraction of sp³-hybridized carbons (Fsp3) is 0.500. The van der Waals surface area contributed by atoms with Gasteiger partial charge >= 0.3 is 0 Å². The molecule has 4 nitrogen and oxygen atoms in total. The van der Waals surface area contributed by atoms with E-state index in [-0.39, 0.29) is 11.5 Å². The minimum Gasteiger partial charge on any atom is -0.390 e. The van der Waals surface area contributed by atoms with Crippen LogP contribution in [0.25, 0.3) is 0 Å². The van der Waals surface area contributed by atoms with Crippen LogP contribution in [0, 0.1) is 13.8 Å². The number of sulfone groups is 1. The van der Waals surface area contributed by atoms with Gasteiger partial charge in [0, 0.05) is 10.2 Å². The second-order valence-corrected chi connectivity index (χ2v) is 7.77. The van der Waals surface area contributed by atoms with Crippen molar-refractivity contribution in [1.29, 1.82) is 0 Å². The highest BCUT2D eigenvalue weighted by Crippen LogP contribution is 2.26. The summed E-state index contributed by atoms with van der Waals surface area (Å²) in [7, 11) is -3.11. The molecule has 2 rings (SSSR count). The minimum absolute atomic E-state index is 0.0116. The van der Waals surface area contributed by atoms with Gasteiger partial charge in [0.2, 0.25) is 0 Å². The van der Waals surface area contributed by atoms with Gasteiger partial charge in [0.1, 0.15) is 0 Å². The summed E-state index contributed by atoms with van der Waals surface area (Å²) >= 11 is 3.48. The van der Waals surface area contributed by atoms with Gasteiger partial charge in [-0.25, -0.2) is 8.42 Å². The first-order valence-electron chi connectivity index (χ1n) is 5.70. The summed E-state index contributed by atoms with van der Waals surface area (Å²) in [5.74, 6) is -0.165. The Kier molecular flexibility index (Phi) is 3.71. The van der Waals surface area contributed by atoms with Crippen LogP contribution in [0.4, 0.5) is 5.69 Å². The van der Waals surface area contributed by atoms with Crippen LogP contribution in [0.3, 0.4) is 0 Å². The van der Waals surface area contributed by atoms with Gasteiger partial charge < -0.3 is 10.4 Å². The maximum atomic E-state index is 11.4. The van der Waals surface area contributed by atoms with Crippen LogP contribution < -0.4 is 5.32 Å². The van der Waals surface area contributed by atoms with Crippen molar-refractivity contribution in [3.8, 4) is 0 Å². The average Bonchev–Trinajstić information content (AvgIpc) is 2.48. The summed E-state index contributed by atoms with van der Waals surface area (Å²) in [6, 6.07) is 3.46. The number of aliphatic hydroxyl groups is 1. The lowest BCUT2D eigenvalue weighted by Gasteiger charge is -2.18. The first-order valence-corrected chi connectivity index (χ1v) is 8.32. The molecule has 1 fully saturated rings. The van der Waals surface area contributed by atoms with E-state index in [0.717, 1.165) is 21.3 Å². The van der Waals surface area contributed by atoms with Crippen LogP contribution in [0.15, 0.2) is 16.6 Å². The molecule has 0 aromatic heterocycles. The molecule has 0 spiro atoms. The zero-order valence-corrected chi connectivity index (χ0v) is 12.7. The number of rotatable bonds is 2. The van der Waals surface area contributed by atoms with Gasteiger partial charge in [0.05, 0.1) is 23.7 Å². The predicted octanol–water partition coefficient (Wildman–Crippen LogP) is 1.64. The van der Waals surface area contributed by atoms with Crippen molar-refractivity contribution in [3.05, 3.63) is 27.7 Å². The Labute approximate surface area is 115 Å². The Hall–Kier alpha value is -0.590. The lowest BCUT2D eigenvalue weighted by molar-refractivity contribution is 0.190. The van der Waals surface area contributed by atoms with Gasteiger partial charge in [0.25, 0.3) is 0 Å². The maximum absolute atomic E-state index is 11.4. The van der Waals surface area contributed by atoms with Crippen LogP contribution in [-0.2, 0) is 9.84 Å². The van der Waals surface area contributed by atoms with Crippen LogP contribution in [0.5, 0.6) is 0 Å². The maximum Gasteiger partial charge on any atom is 0.155 e. The summed E-state index contributed by atoms with van der Waals surface area (Å²) in [6.45, 7) is 3.95. The van der Waals surface area contributed by atoms with Crippen LogP contribution in [0.2, 0.25) is 0 Å². The van der Waals surface area contributed by atoms with Crippen molar-refractivity contribution >= 4 is 31.5 Å². The third-order valence-corrected chi connectivity index (χ3v) is 6.08. The van der Waals surface area contributed by atoms with Crippen LogP contribution >= 0.6 is 15.9 Å². The Balaban J connectivity index is 2.20. The summed E-state index contributed by atoms with van der Waals surface area (Å²) in [4.78, 5) is 0. The zero-order valence-electron chi connectivity index (χ0n) is 10.3. The molecule has 1 aliphatic rings. The standard InChI is InChI=1S/C12H16BrNO3S/c1-7-3-9(4-8(2)12(7)13)14-10-5-18(16,17)6-11(10)15/h3-4,10-11,14-15H,5-6H2,1-2H3. The van der Waals surface area contributed by atoms with E-state index < -0.39 is 22.0 Å². The fourth-order valence-electron chi connectivity index (χ4n) is 2.21. The molecule has 0 bridgehead atoms. The van der Waals surface area contributed by atoms with E-state index in [1.165, 1.54) is 0 Å². The van der Waals surface area contributed by atoms with Gasteiger partial charge in [-0.15, -0.1) is 0 Å². The summed E-state index contributed by atoms with van der Waals surface area (Å²) in [5.41, 5.74) is 3.00. The van der Waals surface area contributed by atoms with E-state index in [1.807, 2.05) is 26.0 Å². The van der Waals surface area contributed by atoms with E-state index >= 15 is 0 Å². The predicted molar refractivity (Wildman–Crippen MR) is 75.7 cm³/mol. The lowest BCUT2D eigenvalue weighted by Crippen LogP contribution is -2.31. The Morgan fingerprint density at radius 2 is 1.83 bits per heavy atom. The third kappa shape index (κ3) is 2.87. The molecular formula is C12H16BrNO3S. The lowest BCUT2D eigenvalue weighted by atomic mass is 10.1. The molecule has 0 radical (unpaired) electrons. The number of benzene rings is 1. The molecule has 0 amide bonds. The SMILES string of the molecule is Cc1cc(NC2CS(=O)(=O)CC2O)cc(C)c1Br.